The normalized spacial score (nSPS) is 14.6. The Bertz CT molecular complexity index is 1420. The lowest BCUT2D eigenvalue weighted by molar-refractivity contribution is -0.128. The van der Waals surface area contributed by atoms with E-state index in [1.807, 2.05) is 12.1 Å². The number of esters is 1. The van der Waals surface area contributed by atoms with Crippen molar-refractivity contribution < 1.29 is 28.5 Å². The number of nitrogen functional groups attached to an aromatic ring is 1. The summed E-state index contributed by atoms with van der Waals surface area (Å²) in [6.45, 7) is 2.73. The molecular weight excluding hydrogens is 502 g/mol. The summed E-state index contributed by atoms with van der Waals surface area (Å²) in [5.41, 5.74) is 7.87. The van der Waals surface area contributed by atoms with E-state index >= 15 is 0 Å². The van der Waals surface area contributed by atoms with Crippen LogP contribution in [0.4, 0.5) is 5.82 Å². The van der Waals surface area contributed by atoms with Crippen LogP contribution in [-0.2, 0) is 16.1 Å². The molecule has 1 aliphatic heterocycles. The Hall–Kier alpha value is -4.85. The number of hydrogen-bond acceptors (Lipinski definition) is 10. The van der Waals surface area contributed by atoms with Gasteiger partial charge in [0.25, 0.3) is 0 Å². The molecule has 1 saturated heterocycles. The van der Waals surface area contributed by atoms with Crippen molar-refractivity contribution in [3.63, 3.8) is 0 Å². The monoisotopic (exact) mass is 531 g/mol. The van der Waals surface area contributed by atoms with Crippen molar-refractivity contribution in [1.82, 2.24) is 14.9 Å². The third-order valence-corrected chi connectivity index (χ3v) is 6.24. The van der Waals surface area contributed by atoms with Gasteiger partial charge in [-0.15, -0.1) is 0 Å². The van der Waals surface area contributed by atoms with E-state index in [4.69, 9.17) is 24.7 Å². The molecule has 3 aromatic rings. The summed E-state index contributed by atoms with van der Waals surface area (Å²) in [6, 6.07) is 14.2. The summed E-state index contributed by atoms with van der Waals surface area (Å²) >= 11 is 0. The molecule has 0 radical (unpaired) electrons. The molecule has 1 fully saturated rings. The van der Waals surface area contributed by atoms with E-state index in [1.165, 1.54) is 0 Å². The molecule has 1 aliphatic rings. The molecule has 0 aliphatic carbocycles. The number of nitrogens with zero attached hydrogens (tertiary/aromatic N) is 4. The maximum atomic E-state index is 12.8. The van der Waals surface area contributed by atoms with Gasteiger partial charge in [-0.25, -0.2) is 9.78 Å². The summed E-state index contributed by atoms with van der Waals surface area (Å²) in [5.74, 6) is 0.455. The predicted molar refractivity (Wildman–Crippen MR) is 141 cm³/mol. The zero-order chi connectivity index (χ0) is 27.9. The summed E-state index contributed by atoms with van der Waals surface area (Å²) in [6.07, 6.45) is 0.269. The molecule has 11 heteroatoms. The lowest BCUT2D eigenvalue weighted by Crippen LogP contribution is -2.26. The van der Waals surface area contributed by atoms with Gasteiger partial charge in [0.1, 0.15) is 17.3 Å². The fourth-order valence-corrected chi connectivity index (χ4v) is 4.32. The molecule has 2 aromatic carbocycles. The van der Waals surface area contributed by atoms with Gasteiger partial charge in [0.2, 0.25) is 11.8 Å². The van der Waals surface area contributed by atoms with Gasteiger partial charge in [-0.3, -0.25) is 4.79 Å². The maximum absolute atomic E-state index is 12.8. The Balaban J connectivity index is 1.53. The van der Waals surface area contributed by atoms with Crippen LogP contribution < -0.4 is 19.9 Å². The minimum atomic E-state index is -0.710. The third kappa shape index (κ3) is 6.18. The van der Waals surface area contributed by atoms with Crippen molar-refractivity contribution in [1.29, 1.82) is 5.26 Å². The van der Waals surface area contributed by atoms with Gasteiger partial charge in [0.15, 0.2) is 11.4 Å². The maximum Gasteiger partial charge on any atom is 0.347 e. The third-order valence-electron chi connectivity index (χ3n) is 6.24. The Labute approximate surface area is 226 Å². The highest BCUT2D eigenvalue weighted by Crippen LogP contribution is 2.30. The number of methoxy groups -OCH3 is 2. The van der Waals surface area contributed by atoms with E-state index < -0.39 is 5.97 Å². The summed E-state index contributed by atoms with van der Waals surface area (Å²) in [4.78, 5) is 35.9. The standard InChI is InChI=1S/C28H29N5O6/c1-4-38-28(35)24-25(30)31-26(19-7-5-6-17(10-19)13-29)32-27(24)39-16-18-11-23(34)33(14-18)15-20-8-9-21(36-2)12-22(20)37-3/h5-10,12,18H,4,11,14-16H2,1-3H3,(H2,30,31,32). The number of ether oxygens (including phenoxy) is 4. The number of anilines is 1. The van der Waals surface area contributed by atoms with Gasteiger partial charge in [0.05, 0.1) is 39.1 Å². The average Bonchev–Trinajstić information content (AvgIpc) is 3.30. The van der Waals surface area contributed by atoms with Crippen LogP contribution in [0.25, 0.3) is 11.4 Å². The number of nitriles is 1. The Morgan fingerprint density at radius 1 is 1.18 bits per heavy atom. The number of hydrogen-bond donors (Lipinski definition) is 1. The number of likely N-dealkylation sites (tertiary alicyclic amines) is 1. The van der Waals surface area contributed by atoms with Crippen molar-refractivity contribution in [3.8, 4) is 34.8 Å². The topological polar surface area (TPSA) is 150 Å². The molecule has 11 nitrogen and oxygen atoms in total. The molecular formula is C28H29N5O6. The van der Waals surface area contributed by atoms with Crippen molar-refractivity contribution in [2.24, 2.45) is 5.92 Å². The van der Waals surface area contributed by atoms with E-state index in [2.05, 4.69) is 16.0 Å². The van der Waals surface area contributed by atoms with Crippen molar-refractivity contribution in [2.45, 2.75) is 19.9 Å². The Morgan fingerprint density at radius 2 is 2.00 bits per heavy atom. The number of aromatic nitrogens is 2. The number of carbonyl (C=O) groups is 2. The molecule has 2 heterocycles. The predicted octanol–water partition coefficient (Wildman–Crippen LogP) is 3.22. The second kappa shape index (κ2) is 12.1. The molecule has 202 valence electrons. The molecule has 39 heavy (non-hydrogen) atoms. The van der Waals surface area contributed by atoms with Crippen molar-refractivity contribution in [2.75, 3.05) is 39.7 Å². The molecule has 4 rings (SSSR count). The summed E-state index contributed by atoms with van der Waals surface area (Å²) in [5, 5.41) is 9.24. The molecule has 0 spiro atoms. The highest BCUT2D eigenvalue weighted by molar-refractivity contribution is 5.97. The average molecular weight is 532 g/mol. The zero-order valence-corrected chi connectivity index (χ0v) is 22.0. The number of nitrogens with two attached hydrogens (primary N) is 1. The van der Waals surface area contributed by atoms with Crippen LogP contribution >= 0.6 is 0 Å². The van der Waals surface area contributed by atoms with Crippen LogP contribution in [0, 0.1) is 17.2 Å². The van der Waals surface area contributed by atoms with Gasteiger partial charge in [-0.2, -0.15) is 10.2 Å². The minimum absolute atomic E-state index is 0.0247. The van der Waals surface area contributed by atoms with Crippen LogP contribution in [0.1, 0.15) is 34.8 Å². The molecule has 1 unspecified atom stereocenters. The first-order valence-electron chi connectivity index (χ1n) is 12.3. The summed E-state index contributed by atoms with van der Waals surface area (Å²) < 4.78 is 21.8. The molecule has 1 amide bonds. The largest absolute Gasteiger partial charge is 0.497 e. The van der Waals surface area contributed by atoms with E-state index in [0.717, 1.165) is 5.56 Å². The number of benzene rings is 2. The molecule has 2 N–H and O–H groups in total. The van der Waals surface area contributed by atoms with Crippen LogP contribution in [0.3, 0.4) is 0 Å². The van der Waals surface area contributed by atoms with Gasteiger partial charge in [0, 0.05) is 42.6 Å². The number of carbonyl (C=O) groups excluding carboxylic acids is 2. The highest BCUT2D eigenvalue weighted by Gasteiger charge is 2.32. The lowest BCUT2D eigenvalue weighted by Gasteiger charge is -2.19. The first kappa shape index (κ1) is 27.2. The fourth-order valence-electron chi connectivity index (χ4n) is 4.32. The first-order valence-corrected chi connectivity index (χ1v) is 12.3. The minimum Gasteiger partial charge on any atom is -0.497 e. The van der Waals surface area contributed by atoms with Crippen LogP contribution in [0.5, 0.6) is 17.4 Å². The van der Waals surface area contributed by atoms with E-state index in [0.29, 0.717) is 35.7 Å². The van der Waals surface area contributed by atoms with E-state index in [9.17, 15) is 14.9 Å². The quantitative estimate of drug-likeness (QED) is 0.386. The first-order chi connectivity index (χ1) is 18.9. The second-order valence-electron chi connectivity index (χ2n) is 8.86. The van der Waals surface area contributed by atoms with Gasteiger partial charge in [-0.05, 0) is 31.2 Å². The second-order valence-corrected chi connectivity index (χ2v) is 8.86. The summed E-state index contributed by atoms with van der Waals surface area (Å²) in [7, 11) is 3.15. The molecule has 1 aromatic heterocycles. The highest BCUT2D eigenvalue weighted by atomic mass is 16.5. The van der Waals surface area contributed by atoms with Gasteiger partial charge < -0.3 is 29.6 Å². The molecule has 0 saturated carbocycles. The Morgan fingerprint density at radius 3 is 2.72 bits per heavy atom. The van der Waals surface area contributed by atoms with Crippen molar-refractivity contribution in [3.05, 3.63) is 59.2 Å². The number of amides is 1. The SMILES string of the molecule is CCOC(=O)c1c(N)nc(-c2cccc(C#N)c2)nc1OCC1CC(=O)N(Cc2ccc(OC)cc2OC)C1. The van der Waals surface area contributed by atoms with E-state index in [1.54, 1.807) is 56.4 Å². The van der Waals surface area contributed by atoms with Gasteiger partial charge in [-0.1, -0.05) is 12.1 Å². The van der Waals surface area contributed by atoms with Crippen LogP contribution in [0.2, 0.25) is 0 Å². The van der Waals surface area contributed by atoms with Crippen molar-refractivity contribution >= 4 is 17.7 Å². The fraction of sp³-hybridized carbons (Fsp3) is 0.321. The molecule has 0 bridgehead atoms. The van der Waals surface area contributed by atoms with Crippen LogP contribution in [-0.4, -0.2) is 60.7 Å². The smallest absolute Gasteiger partial charge is 0.347 e. The zero-order valence-electron chi connectivity index (χ0n) is 22.0. The Kier molecular flexibility index (Phi) is 8.46. The molecule has 1 atom stereocenters. The van der Waals surface area contributed by atoms with E-state index in [-0.39, 0.29) is 54.5 Å². The van der Waals surface area contributed by atoms with Crippen LogP contribution in [0.15, 0.2) is 42.5 Å². The van der Waals surface area contributed by atoms with Gasteiger partial charge >= 0.3 is 5.97 Å². The lowest BCUT2D eigenvalue weighted by atomic mass is 10.1. The number of rotatable bonds is 10.